The molecular formula is C16H19BrN4O2. The molecule has 2 fully saturated rings. The Morgan fingerprint density at radius 2 is 2.43 bits per heavy atom. The van der Waals surface area contributed by atoms with Gasteiger partial charge in [-0.15, -0.1) is 0 Å². The highest BCUT2D eigenvalue weighted by atomic mass is 79.9. The number of halogens is 1. The third-order valence-electron chi connectivity index (χ3n) is 4.99. The van der Waals surface area contributed by atoms with Gasteiger partial charge in [-0.2, -0.15) is 0 Å². The van der Waals surface area contributed by atoms with Gasteiger partial charge in [0, 0.05) is 21.8 Å². The number of carbonyl (C=O) groups is 1. The molecule has 7 heteroatoms. The van der Waals surface area contributed by atoms with Crippen LogP contribution in [-0.4, -0.2) is 42.1 Å². The highest BCUT2D eigenvalue weighted by Crippen LogP contribution is 2.44. The van der Waals surface area contributed by atoms with Crippen molar-refractivity contribution < 1.29 is 9.53 Å². The number of nitrogens with zero attached hydrogens (tertiary/aromatic N) is 4. The van der Waals surface area contributed by atoms with Gasteiger partial charge in [0.2, 0.25) is 0 Å². The molecule has 3 rings (SSSR count). The molecule has 0 saturated carbocycles. The normalized spacial score (nSPS) is 29.8. The van der Waals surface area contributed by atoms with E-state index in [-0.39, 0.29) is 18.1 Å². The summed E-state index contributed by atoms with van der Waals surface area (Å²) in [5.41, 5.74) is 9.18. The van der Waals surface area contributed by atoms with E-state index in [0.717, 1.165) is 29.4 Å². The standard InChI is InChI=1S/C16H19BrN4O2/c1-23-15(22)16(9-11-4-2-5-12(17)8-11)10-13(19-20-18)14-6-3-7-21(14)16/h2,4-5,8,13-14H,3,6-7,9-10H2,1H3/t13-,14+,16+/m1/s1. The topological polar surface area (TPSA) is 78.3 Å². The summed E-state index contributed by atoms with van der Waals surface area (Å²) in [6.07, 6.45) is 3.05. The minimum atomic E-state index is -0.741. The van der Waals surface area contributed by atoms with E-state index in [9.17, 15) is 4.79 Å². The lowest BCUT2D eigenvalue weighted by molar-refractivity contribution is -0.153. The van der Waals surface area contributed by atoms with E-state index in [1.54, 1.807) is 0 Å². The average molecular weight is 379 g/mol. The molecule has 6 nitrogen and oxygen atoms in total. The summed E-state index contributed by atoms with van der Waals surface area (Å²) in [5, 5.41) is 3.96. The Kier molecular flexibility index (Phi) is 4.62. The van der Waals surface area contributed by atoms with Gasteiger partial charge in [-0.25, -0.2) is 0 Å². The van der Waals surface area contributed by atoms with Gasteiger partial charge >= 0.3 is 5.97 Å². The molecule has 2 aliphatic rings. The lowest BCUT2D eigenvalue weighted by atomic mass is 9.86. The van der Waals surface area contributed by atoms with Crippen molar-refractivity contribution in [3.8, 4) is 0 Å². The third-order valence-corrected chi connectivity index (χ3v) is 5.48. The van der Waals surface area contributed by atoms with Crippen LogP contribution in [0.4, 0.5) is 0 Å². The SMILES string of the molecule is COC(=O)[C@]1(Cc2cccc(Br)c2)C[C@@H](N=[N+]=[N-])[C@@H]2CCCN21. The summed E-state index contributed by atoms with van der Waals surface area (Å²) in [6.45, 7) is 0.839. The maximum absolute atomic E-state index is 12.7. The number of hydrogen-bond donors (Lipinski definition) is 0. The first-order valence-corrected chi connectivity index (χ1v) is 8.54. The van der Waals surface area contributed by atoms with Crippen molar-refractivity contribution in [1.82, 2.24) is 4.90 Å². The number of ether oxygens (including phenoxy) is 1. The van der Waals surface area contributed by atoms with E-state index < -0.39 is 5.54 Å². The summed E-state index contributed by atoms with van der Waals surface area (Å²) in [6, 6.07) is 7.93. The van der Waals surface area contributed by atoms with Crippen molar-refractivity contribution in [3.05, 3.63) is 44.7 Å². The van der Waals surface area contributed by atoms with Crippen LogP contribution in [0.2, 0.25) is 0 Å². The quantitative estimate of drug-likeness (QED) is 0.348. The molecule has 0 aliphatic carbocycles. The van der Waals surface area contributed by atoms with Crippen molar-refractivity contribution in [2.24, 2.45) is 5.11 Å². The minimum absolute atomic E-state index is 0.136. The highest BCUT2D eigenvalue weighted by Gasteiger charge is 2.57. The lowest BCUT2D eigenvalue weighted by Gasteiger charge is -2.35. The van der Waals surface area contributed by atoms with E-state index in [1.165, 1.54) is 7.11 Å². The van der Waals surface area contributed by atoms with Gasteiger partial charge in [0.1, 0.15) is 5.54 Å². The molecule has 2 aliphatic heterocycles. The fourth-order valence-electron chi connectivity index (χ4n) is 4.13. The summed E-state index contributed by atoms with van der Waals surface area (Å²) in [5.74, 6) is -0.236. The fourth-order valence-corrected chi connectivity index (χ4v) is 4.58. The number of azide groups is 1. The van der Waals surface area contributed by atoms with Crippen molar-refractivity contribution in [3.63, 3.8) is 0 Å². The van der Waals surface area contributed by atoms with Crippen molar-refractivity contribution in [2.75, 3.05) is 13.7 Å². The first-order chi connectivity index (χ1) is 11.1. The first kappa shape index (κ1) is 16.3. The maximum Gasteiger partial charge on any atom is 0.326 e. The van der Waals surface area contributed by atoms with E-state index in [1.807, 2.05) is 24.3 Å². The molecule has 23 heavy (non-hydrogen) atoms. The van der Waals surface area contributed by atoms with Crippen LogP contribution in [-0.2, 0) is 16.0 Å². The molecule has 1 aromatic rings. The Bertz CT molecular complexity index is 661. The summed E-state index contributed by atoms with van der Waals surface area (Å²) in [4.78, 5) is 17.9. The first-order valence-electron chi connectivity index (χ1n) is 7.74. The molecule has 0 spiro atoms. The number of rotatable bonds is 4. The largest absolute Gasteiger partial charge is 0.468 e. The molecule has 0 amide bonds. The van der Waals surface area contributed by atoms with Crippen molar-refractivity contribution >= 4 is 21.9 Å². The Balaban J connectivity index is 2.00. The van der Waals surface area contributed by atoms with Crippen molar-refractivity contribution in [1.29, 1.82) is 0 Å². The van der Waals surface area contributed by atoms with E-state index in [4.69, 9.17) is 10.3 Å². The Morgan fingerprint density at radius 1 is 1.61 bits per heavy atom. The van der Waals surface area contributed by atoms with Gasteiger partial charge in [0.25, 0.3) is 0 Å². The fraction of sp³-hybridized carbons (Fsp3) is 0.562. The maximum atomic E-state index is 12.7. The summed E-state index contributed by atoms with van der Waals surface area (Å²) < 4.78 is 6.13. The average Bonchev–Trinajstić information content (AvgIpc) is 3.11. The molecule has 3 atom stereocenters. The lowest BCUT2D eigenvalue weighted by Crippen LogP contribution is -2.53. The Morgan fingerprint density at radius 3 is 3.13 bits per heavy atom. The minimum Gasteiger partial charge on any atom is -0.468 e. The van der Waals surface area contributed by atoms with Crippen LogP contribution in [0.3, 0.4) is 0 Å². The number of fused-ring (bicyclic) bond motifs is 1. The molecule has 2 saturated heterocycles. The van der Waals surface area contributed by atoms with Crippen LogP contribution in [0, 0.1) is 0 Å². The van der Waals surface area contributed by atoms with Crippen LogP contribution < -0.4 is 0 Å². The van der Waals surface area contributed by atoms with Gasteiger partial charge in [0.05, 0.1) is 13.2 Å². The smallest absolute Gasteiger partial charge is 0.326 e. The van der Waals surface area contributed by atoms with Gasteiger partial charge in [0.15, 0.2) is 0 Å². The number of carbonyl (C=O) groups excluding carboxylic acids is 1. The van der Waals surface area contributed by atoms with E-state index in [2.05, 4.69) is 30.9 Å². The zero-order valence-electron chi connectivity index (χ0n) is 13.0. The number of esters is 1. The van der Waals surface area contributed by atoms with Gasteiger partial charge in [-0.05, 0) is 49.0 Å². The number of hydrogen-bond acceptors (Lipinski definition) is 4. The van der Waals surface area contributed by atoms with Crippen LogP contribution in [0.1, 0.15) is 24.8 Å². The molecule has 0 aromatic heterocycles. The molecule has 0 unspecified atom stereocenters. The second kappa shape index (κ2) is 6.51. The third kappa shape index (κ3) is 2.84. The van der Waals surface area contributed by atoms with E-state index in [0.29, 0.717) is 12.8 Å². The monoisotopic (exact) mass is 378 g/mol. The molecule has 0 bridgehead atoms. The molecular weight excluding hydrogens is 360 g/mol. The summed E-state index contributed by atoms with van der Waals surface area (Å²) in [7, 11) is 1.43. The zero-order chi connectivity index (χ0) is 16.4. The zero-order valence-corrected chi connectivity index (χ0v) is 14.6. The molecule has 2 heterocycles. The van der Waals surface area contributed by atoms with Crippen LogP contribution in [0.5, 0.6) is 0 Å². The van der Waals surface area contributed by atoms with Crippen molar-refractivity contribution in [2.45, 2.75) is 43.3 Å². The van der Waals surface area contributed by atoms with E-state index >= 15 is 0 Å². The number of methoxy groups -OCH3 is 1. The van der Waals surface area contributed by atoms with Gasteiger partial charge in [-0.1, -0.05) is 33.2 Å². The van der Waals surface area contributed by atoms with Crippen LogP contribution >= 0.6 is 15.9 Å². The molecule has 1 aromatic carbocycles. The predicted molar refractivity (Wildman–Crippen MR) is 89.9 cm³/mol. The van der Waals surface area contributed by atoms with Gasteiger partial charge in [-0.3, -0.25) is 9.69 Å². The number of benzene rings is 1. The Hall–Kier alpha value is -1.56. The highest BCUT2D eigenvalue weighted by molar-refractivity contribution is 9.10. The Labute approximate surface area is 143 Å². The van der Waals surface area contributed by atoms with Crippen LogP contribution in [0.15, 0.2) is 33.9 Å². The molecule has 122 valence electrons. The second-order valence-electron chi connectivity index (χ2n) is 6.21. The van der Waals surface area contributed by atoms with Gasteiger partial charge < -0.3 is 4.74 Å². The predicted octanol–water partition coefficient (Wildman–Crippen LogP) is 3.45. The molecule has 0 N–H and O–H groups in total. The second-order valence-corrected chi connectivity index (χ2v) is 7.12. The molecule has 0 radical (unpaired) electrons. The summed E-state index contributed by atoms with van der Waals surface area (Å²) >= 11 is 3.48. The van der Waals surface area contributed by atoms with Crippen LogP contribution in [0.25, 0.3) is 10.4 Å².